The number of hydrogen-bond donors (Lipinski definition) is 1. The Balaban J connectivity index is 1.35. The van der Waals surface area contributed by atoms with E-state index in [0.717, 1.165) is 35.1 Å². The third kappa shape index (κ3) is 5.34. The van der Waals surface area contributed by atoms with E-state index in [0.29, 0.717) is 37.4 Å². The van der Waals surface area contributed by atoms with Gasteiger partial charge in [-0.15, -0.1) is 0 Å². The molecule has 1 heterocycles. The number of nitrogens with two attached hydrogens (primary N) is 1. The van der Waals surface area contributed by atoms with Gasteiger partial charge in [0, 0.05) is 30.1 Å². The average molecular weight is 476 g/mol. The molecule has 1 amide bonds. The number of carbonyl (C=O) groups excluding carboxylic acids is 2. The third-order valence-electron chi connectivity index (χ3n) is 6.40. The minimum absolute atomic E-state index is 0.124. The van der Waals surface area contributed by atoms with E-state index in [9.17, 15) is 13.8 Å². The van der Waals surface area contributed by atoms with Crippen molar-refractivity contribution >= 4 is 22.5 Å². The van der Waals surface area contributed by atoms with Gasteiger partial charge in [0.05, 0.1) is 10.8 Å². The molecule has 3 aromatic rings. The van der Waals surface area contributed by atoms with Crippen molar-refractivity contribution in [2.45, 2.75) is 41.7 Å². The Morgan fingerprint density at radius 3 is 2.24 bits per heavy atom. The summed E-state index contributed by atoms with van der Waals surface area (Å²) in [6.45, 7) is 0.768. The quantitative estimate of drug-likeness (QED) is 0.455. The molecule has 5 nitrogen and oxygen atoms in total. The van der Waals surface area contributed by atoms with Crippen LogP contribution in [0.5, 0.6) is 0 Å². The summed E-state index contributed by atoms with van der Waals surface area (Å²) in [4.78, 5) is 25.5. The van der Waals surface area contributed by atoms with Gasteiger partial charge in [-0.2, -0.15) is 0 Å². The maximum atomic E-state index is 13.2. The van der Waals surface area contributed by atoms with Gasteiger partial charge >= 0.3 is 0 Å². The first-order chi connectivity index (χ1) is 16.5. The molecule has 1 atom stereocenters. The molecule has 0 aromatic heterocycles. The van der Waals surface area contributed by atoms with Crippen molar-refractivity contribution in [3.05, 3.63) is 90.0 Å². The first kappa shape index (κ1) is 24.0. The molecule has 2 N–H and O–H groups in total. The lowest BCUT2D eigenvalue weighted by atomic mass is 9.98. The second-order valence-corrected chi connectivity index (χ2v) is 10.4. The summed E-state index contributed by atoms with van der Waals surface area (Å²) in [6, 6.07) is 25.2. The van der Waals surface area contributed by atoms with Gasteiger partial charge < -0.3 is 10.5 Å². The molecule has 1 saturated heterocycles. The summed E-state index contributed by atoms with van der Waals surface area (Å²) < 4.78 is 17.4. The first-order valence-corrected chi connectivity index (χ1v) is 12.7. The Labute approximate surface area is 202 Å². The van der Waals surface area contributed by atoms with Crippen LogP contribution in [0.3, 0.4) is 0 Å². The number of ketones is 1. The number of amides is 1. The largest absolute Gasteiger partial charge is 0.381 e. The fraction of sp³-hybridized carbons (Fsp3) is 0.286. The highest BCUT2D eigenvalue weighted by Gasteiger charge is 2.45. The highest BCUT2D eigenvalue weighted by molar-refractivity contribution is 7.87. The Morgan fingerprint density at radius 2 is 1.56 bits per heavy atom. The van der Waals surface area contributed by atoms with Crippen molar-refractivity contribution < 1.29 is 18.5 Å². The number of hydrogen-bond acceptors (Lipinski definition) is 4. The molecule has 1 fully saturated rings. The Hall–Kier alpha value is -3.09. The van der Waals surface area contributed by atoms with Crippen LogP contribution >= 0.6 is 0 Å². The summed E-state index contributed by atoms with van der Waals surface area (Å²) >= 11 is 0. The van der Waals surface area contributed by atoms with Crippen LogP contribution in [-0.2, 0) is 26.8 Å². The predicted octanol–water partition coefficient (Wildman–Crippen LogP) is 4.70. The van der Waals surface area contributed by atoms with Crippen molar-refractivity contribution in [3.8, 4) is 11.1 Å². The predicted molar refractivity (Wildman–Crippen MR) is 134 cm³/mol. The van der Waals surface area contributed by atoms with Crippen LogP contribution in [0.25, 0.3) is 11.1 Å². The SMILES string of the molecule is NC(=O)C1(S(=O)c2ccc(CCCC(=O)c3cccc(-c4ccccc4)c3)cc2)CCOCC1. The Morgan fingerprint density at radius 1 is 0.882 bits per heavy atom. The van der Waals surface area contributed by atoms with Crippen LogP contribution in [0.4, 0.5) is 0 Å². The van der Waals surface area contributed by atoms with E-state index in [1.165, 1.54) is 0 Å². The van der Waals surface area contributed by atoms with Crippen LogP contribution < -0.4 is 5.73 Å². The molecule has 3 aromatic carbocycles. The van der Waals surface area contributed by atoms with Crippen LogP contribution in [0.2, 0.25) is 0 Å². The second kappa shape index (κ2) is 10.9. The van der Waals surface area contributed by atoms with Gasteiger partial charge in [-0.05, 0) is 60.6 Å². The third-order valence-corrected chi connectivity index (χ3v) is 8.42. The minimum atomic E-state index is -1.53. The molecule has 1 aliphatic rings. The molecule has 1 unspecified atom stereocenters. The molecule has 34 heavy (non-hydrogen) atoms. The standard InChI is InChI=1S/C28H29NO4S/c29-27(31)28(16-18-33-19-17-28)34(32)25-14-12-21(13-15-25)6-4-11-26(30)24-10-5-9-23(20-24)22-7-2-1-3-8-22/h1-3,5,7-10,12-15,20H,4,6,11,16-19H2,(H2,29,31). The van der Waals surface area contributed by atoms with E-state index in [2.05, 4.69) is 0 Å². The molecule has 0 saturated carbocycles. The molecular formula is C28H29NO4S. The maximum Gasteiger partial charge on any atom is 0.236 e. The number of Topliss-reactive ketones (excluding diaryl/α,β-unsaturated/α-hetero) is 1. The van der Waals surface area contributed by atoms with E-state index in [-0.39, 0.29) is 5.78 Å². The van der Waals surface area contributed by atoms with E-state index in [1.54, 1.807) is 12.1 Å². The van der Waals surface area contributed by atoms with Crippen molar-refractivity contribution in [1.29, 1.82) is 0 Å². The number of ether oxygens (including phenoxy) is 1. The molecule has 0 bridgehead atoms. The van der Waals surface area contributed by atoms with Crippen LogP contribution in [0.1, 0.15) is 41.6 Å². The lowest BCUT2D eigenvalue weighted by Crippen LogP contribution is -2.51. The van der Waals surface area contributed by atoms with E-state index < -0.39 is 21.5 Å². The molecular weight excluding hydrogens is 446 g/mol. The zero-order chi connectivity index (χ0) is 24.0. The molecule has 1 aliphatic heterocycles. The highest BCUT2D eigenvalue weighted by atomic mass is 32.2. The molecule has 4 rings (SSSR count). The van der Waals surface area contributed by atoms with Crippen molar-refractivity contribution in [2.75, 3.05) is 13.2 Å². The summed E-state index contributed by atoms with van der Waals surface area (Å²) in [6.07, 6.45) is 2.65. The van der Waals surface area contributed by atoms with E-state index in [4.69, 9.17) is 10.5 Å². The molecule has 6 heteroatoms. The minimum Gasteiger partial charge on any atom is -0.381 e. The van der Waals surface area contributed by atoms with Crippen molar-refractivity contribution in [3.63, 3.8) is 0 Å². The lowest BCUT2D eigenvalue weighted by molar-refractivity contribution is -0.122. The van der Waals surface area contributed by atoms with Crippen LogP contribution in [0.15, 0.2) is 83.8 Å². The summed E-state index contributed by atoms with van der Waals surface area (Å²) in [5.74, 6) is -0.411. The Kier molecular flexibility index (Phi) is 7.70. The van der Waals surface area contributed by atoms with Gasteiger partial charge in [0.2, 0.25) is 5.91 Å². The van der Waals surface area contributed by atoms with Gasteiger partial charge in [0.1, 0.15) is 4.75 Å². The fourth-order valence-electron chi connectivity index (χ4n) is 4.33. The summed E-state index contributed by atoms with van der Waals surface area (Å²) in [5.41, 5.74) is 9.55. The Bertz CT molecular complexity index is 1170. The number of primary amides is 1. The smallest absolute Gasteiger partial charge is 0.236 e. The summed E-state index contributed by atoms with van der Waals surface area (Å²) in [7, 11) is -1.53. The van der Waals surface area contributed by atoms with Gasteiger partial charge in [-0.1, -0.05) is 60.7 Å². The average Bonchev–Trinajstić information content (AvgIpc) is 2.89. The zero-order valence-electron chi connectivity index (χ0n) is 19.1. The molecule has 176 valence electrons. The number of rotatable bonds is 9. The molecule has 0 spiro atoms. The van der Waals surface area contributed by atoms with Gasteiger partial charge in [0.15, 0.2) is 5.78 Å². The zero-order valence-corrected chi connectivity index (χ0v) is 19.9. The van der Waals surface area contributed by atoms with Gasteiger partial charge in [0.25, 0.3) is 0 Å². The summed E-state index contributed by atoms with van der Waals surface area (Å²) in [5, 5.41) is 0. The normalized spacial score (nSPS) is 16.0. The van der Waals surface area contributed by atoms with Gasteiger partial charge in [-0.25, -0.2) is 0 Å². The van der Waals surface area contributed by atoms with Crippen LogP contribution in [0, 0.1) is 0 Å². The fourth-order valence-corrected chi connectivity index (χ4v) is 5.88. The number of carbonyl (C=O) groups is 2. The topological polar surface area (TPSA) is 86.5 Å². The number of benzene rings is 3. The first-order valence-electron chi connectivity index (χ1n) is 11.6. The highest BCUT2D eigenvalue weighted by Crippen LogP contribution is 2.32. The second-order valence-electron chi connectivity index (χ2n) is 8.61. The lowest BCUT2D eigenvalue weighted by Gasteiger charge is -2.33. The van der Waals surface area contributed by atoms with Crippen LogP contribution in [-0.4, -0.2) is 33.9 Å². The maximum absolute atomic E-state index is 13.2. The number of aryl methyl sites for hydroxylation is 1. The van der Waals surface area contributed by atoms with Gasteiger partial charge in [-0.3, -0.25) is 13.8 Å². The molecule has 0 aliphatic carbocycles. The molecule has 0 radical (unpaired) electrons. The van der Waals surface area contributed by atoms with E-state index in [1.807, 2.05) is 66.7 Å². The van der Waals surface area contributed by atoms with Crippen molar-refractivity contribution in [1.82, 2.24) is 0 Å². The van der Waals surface area contributed by atoms with Crippen molar-refractivity contribution in [2.24, 2.45) is 5.73 Å². The monoisotopic (exact) mass is 475 g/mol. The van der Waals surface area contributed by atoms with E-state index >= 15 is 0 Å².